The maximum atomic E-state index is 13.5. The second kappa shape index (κ2) is 8.98. The van der Waals surface area contributed by atoms with Crippen molar-refractivity contribution in [1.29, 1.82) is 0 Å². The van der Waals surface area contributed by atoms with Gasteiger partial charge in [0.2, 0.25) is 11.8 Å². The summed E-state index contributed by atoms with van der Waals surface area (Å²) in [5, 5.41) is 2.95. The Bertz CT molecular complexity index is 1060. The van der Waals surface area contributed by atoms with E-state index in [-0.39, 0.29) is 36.8 Å². The highest BCUT2D eigenvalue weighted by atomic mass is 19.1. The van der Waals surface area contributed by atoms with E-state index in [9.17, 15) is 18.8 Å². The van der Waals surface area contributed by atoms with Crippen LogP contribution in [0.15, 0.2) is 42.5 Å². The first-order chi connectivity index (χ1) is 15.3. The van der Waals surface area contributed by atoms with Crippen LogP contribution in [0.1, 0.15) is 23.1 Å². The Morgan fingerprint density at radius 2 is 1.91 bits per heavy atom. The highest BCUT2D eigenvalue weighted by molar-refractivity contribution is 5.95. The summed E-state index contributed by atoms with van der Waals surface area (Å²) in [6.45, 7) is 5.07. The topological polar surface area (TPSA) is 73.0 Å². The second-order valence-corrected chi connectivity index (χ2v) is 8.45. The van der Waals surface area contributed by atoms with Crippen molar-refractivity contribution in [2.24, 2.45) is 0 Å². The number of carbonyl (C=O) groups excluding carboxylic acids is 3. The van der Waals surface area contributed by atoms with Gasteiger partial charge in [-0.05, 0) is 55.2 Å². The number of aryl methyl sites for hydroxylation is 2. The van der Waals surface area contributed by atoms with Gasteiger partial charge in [-0.2, -0.15) is 0 Å². The van der Waals surface area contributed by atoms with Gasteiger partial charge in [0.05, 0.1) is 0 Å². The average Bonchev–Trinajstić information content (AvgIpc) is 2.98. The van der Waals surface area contributed by atoms with Crippen LogP contribution < -0.4 is 5.32 Å². The number of fused-ring (bicyclic) bond motifs is 1. The van der Waals surface area contributed by atoms with Crippen LogP contribution in [0.4, 0.5) is 14.9 Å². The molecule has 2 saturated heterocycles. The maximum Gasteiger partial charge on any atom is 0.321 e. The molecule has 0 spiro atoms. The summed E-state index contributed by atoms with van der Waals surface area (Å²) in [5.41, 5.74) is 3.41. The molecule has 4 rings (SSSR count). The number of hydrogen-bond acceptors (Lipinski definition) is 3. The number of urea groups is 1. The second-order valence-electron chi connectivity index (χ2n) is 8.45. The normalized spacial score (nSPS) is 19.0. The average molecular weight is 439 g/mol. The molecule has 8 heteroatoms. The van der Waals surface area contributed by atoms with Crippen LogP contribution in [-0.2, 0) is 16.1 Å². The van der Waals surface area contributed by atoms with Crippen molar-refractivity contribution >= 4 is 23.5 Å². The van der Waals surface area contributed by atoms with Crippen molar-refractivity contribution in [2.45, 2.75) is 32.9 Å². The smallest absolute Gasteiger partial charge is 0.321 e. The van der Waals surface area contributed by atoms with Gasteiger partial charge in [0.1, 0.15) is 18.4 Å². The fourth-order valence-corrected chi connectivity index (χ4v) is 4.29. The summed E-state index contributed by atoms with van der Waals surface area (Å²) in [6.07, 6.45) is 0.366. The molecule has 1 unspecified atom stereocenters. The molecule has 0 radical (unpaired) electrons. The third kappa shape index (κ3) is 4.59. The van der Waals surface area contributed by atoms with Gasteiger partial charge in [0.25, 0.3) is 0 Å². The molecule has 2 aromatic rings. The lowest BCUT2D eigenvalue weighted by Gasteiger charge is -2.39. The van der Waals surface area contributed by atoms with E-state index in [0.29, 0.717) is 31.6 Å². The van der Waals surface area contributed by atoms with E-state index in [1.807, 2.05) is 32.0 Å². The molecule has 0 aromatic heterocycles. The molecule has 2 heterocycles. The predicted molar refractivity (Wildman–Crippen MR) is 118 cm³/mol. The van der Waals surface area contributed by atoms with Crippen LogP contribution in [0, 0.1) is 19.7 Å². The molecule has 2 aliphatic rings. The standard InChI is InChI=1S/C24H27FN4O3/c1-16-6-7-17(2)20(12-16)26-24(32)27-9-8-21-23(31)28(15-22(30)29(21)11-10-27)14-18-4-3-5-19(25)13-18/h3-7,12-13,21H,8-11,14-15H2,1-2H3,(H,26,32). The Balaban J connectivity index is 1.44. The lowest BCUT2D eigenvalue weighted by Crippen LogP contribution is -2.59. The largest absolute Gasteiger partial charge is 0.327 e. The quantitative estimate of drug-likeness (QED) is 0.801. The number of nitrogens with one attached hydrogen (secondary N) is 1. The minimum absolute atomic E-state index is 0.0411. The predicted octanol–water partition coefficient (Wildman–Crippen LogP) is 2.92. The van der Waals surface area contributed by atoms with E-state index in [1.165, 1.54) is 17.0 Å². The van der Waals surface area contributed by atoms with Crippen molar-refractivity contribution in [3.05, 3.63) is 65.0 Å². The van der Waals surface area contributed by atoms with E-state index in [2.05, 4.69) is 5.32 Å². The number of anilines is 1. The van der Waals surface area contributed by atoms with E-state index in [0.717, 1.165) is 16.8 Å². The summed E-state index contributed by atoms with van der Waals surface area (Å²) in [7, 11) is 0. The summed E-state index contributed by atoms with van der Waals surface area (Å²) < 4.78 is 13.5. The minimum atomic E-state index is -0.608. The van der Waals surface area contributed by atoms with Crippen LogP contribution in [-0.4, -0.2) is 64.8 Å². The van der Waals surface area contributed by atoms with Gasteiger partial charge in [-0.3, -0.25) is 9.59 Å². The number of hydrogen-bond donors (Lipinski definition) is 1. The first-order valence-electron chi connectivity index (χ1n) is 10.8. The highest BCUT2D eigenvalue weighted by Crippen LogP contribution is 2.22. The summed E-state index contributed by atoms with van der Waals surface area (Å²) in [5.74, 6) is -0.687. The molecule has 2 aliphatic heterocycles. The number of rotatable bonds is 3. The van der Waals surface area contributed by atoms with Crippen molar-refractivity contribution < 1.29 is 18.8 Å². The molecule has 0 saturated carbocycles. The number of carbonyl (C=O) groups is 3. The molecule has 4 amide bonds. The first-order valence-corrected chi connectivity index (χ1v) is 10.8. The van der Waals surface area contributed by atoms with E-state index in [4.69, 9.17) is 0 Å². The molecule has 32 heavy (non-hydrogen) atoms. The Hall–Kier alpha value is -3.42. The Kier molecular flexibility index (Phi) is 6.12. The summed E-state index contributed by atoms with van der Waals surface area (Å²) in [4.78, 5) is 43.5. The van der Waals surface area contributed by atoms with Crippen LogP contribution in [0.3, 0.4) is 0 Å². The highest BCUT2D eigenvalue weighted by Gasteiger charge is 2.41. The molecule has 1 N–H and O–H groups in total. The number of nitrogens with zero attached hydrogens (tertiary/aromatic N) is 3. The van der Waals surface area contributed by atoms with Gasteiger partial charge in [0, 0.05) is 31.9 Å². The lowest BCUT2D eigenvalue weighted by atomic mass is 10.1. The lowest BCUT2D eigenvalue weighted by molar-refractivity contribution is -0.156. The zero-order valence-corrected chi connectivity index (χ0v) is 18.3. The fraction of sp³-hybridized carbons (Fsp3) is 0.375. The number of amides is 4. The molecular formula is C24H27FN4O3. The monoisotopic (exact) mass is 438 g/mol. The summed E-state index contributed by atoms with van der Waals surface area (Å²) in [6, 6.07) is 11.1. The van der Waals surface area contributed by atoms with Gasteiger partial charge in [-0.25, -0.2) is 9.18 Å². The zero-order valence-electron chi connectivity index (χ0n) is 18.3. The van der Waals surface area contributed by atoms with Crippen molar-refractivity contribution in [2.75, 3.05) is 31.5 Å². The number of piperazine rings is 1. The molecule has 7 nitrogen and oxygen atoms in total. The van der Waals surface area contributed by atoms with Crippen LogP contribution in [0.5, 0.6) is 0 Å². The Morgan fingerprint density at radius 1 is 1.09 bits per heavy atom. The molecule has 2 aromatic carbocycles. The van der Waals surface area contributed by atoms with Crippen LogP contribution in [0.2, 0.25) is 0 Å². The molecule has 0 aliphatic carbocycles. The summed E-state index contributed by atoms with van der Waals surface area (Å²) >= 11 is 0. The first kappa shape index (κ1) is 21.8. The maximum absolute atomic E-state index is 13.5. The fourth-order valence-electron chi connectivity index (χ4n) is 4.29. The number of halogens is 1. The number of benzene rings is 2. The van der Waals surface area contributed by atoms with Gasteiger partial charge >= 0.3 is 6.03 Å². The third-order valence-corrected chi connectivity index (χ3v) is 6.09. The molecule has 1 atom stereocenters. The van der Waals surface area contributed by atoms with Gasteiger partial charge in [0.15, 0.2) is 0 Å². The molecule has 2 fully saturated rings. The minimum Gasteiger partial charge on any atom is -0.327 e. The Labute approximate surface area is 186 Å². The third-order valence-electron chi connectivity index (χ3n) is 6.09. The van der Waals surface area contributed by atoms with E-state index >= 15 is 0 Å². The molecule has 0 bridgehead atoms. The van der Waals surface area contributed by atoms with Crippen molar-refractivity contribution in [3.8, 4) is 0 Å². The van der Waals surface area contributed by atoms with E-state index < -0.39 is 6.04 Å². The Morgan fingerprint density at radius 3 is 2.69 bits per heavy atom. The molecule has 168 valence electrons. The zero-order chi connectivity index (χ0) is 22.8. The van der Waals surface area contributed by atoms with Gasteiger partial charge in [-0.1, -0.05) is 24.3 Å². The van der Waals surface area contributed by atoms with Crippen LogP contribution in [0.25, 0.3) is 0 Å². The van der Waals surface area contributed by atoms with E-state index in [1.54, 1.807) is 21.9 Å². The van der Waals surface area contributed by atoms with Crippen molar-refractivity contribution in [1.82, 2.24) is 14.7 Å². The van der Waals surface area contributed by atoms with Crippen LogP contribution >= 0.6 is 0 Å². The molecular weight excluding hydrogens is 411 g/mol. The SMILES string of the molecule is Cc1ccc(C)c(NC(=O)N2CCC3C(=O)N(Cc4cccc(F)c4)CC(=O)N3CC2)c1. The van der Waals surface area contributed by atoms with Crippen molar-refractivity contribution in [3.63, 3.8) is 0 Å². The van der Waals surface area contributed by atoms with Gasteiger partial charge < -0.3 is 20.0 Å². The van der Waals surface area contributed by atoms with Gasteiger partial charge in [-0.15, -0.1) is 0 Å².